The normalized spacial score (nSPS) is 28.0. The number of hydrogen-bond acceptors (Lipinski definition) is 6. The predicted octanol–water partition coefficient (Wildman–Crippen LogP) is 3.97. The van der Waals surface area contributed by atoms with Crippen LogP contribution in [0.4, 0.5) is 0 Å². The molecule has 8 heteroatoms. The lowest BCUT2D eigenvalue weighted by molar-refractivity contribution is -0.153. The lowest BCUT2D eigenvalue weighted by Crippen LogP contribution is -2.52. The van der Waals surface area contributed by atoms with E-state index in [1.807, 2.05) is 0 Å². The van der Waals surface area contributed by atoms with Crippen LogP contribution < -0.4 is 0 Å². The van der Waals surface area contributed by atoms with Crippen LogP contribution >= 0.6 is 0 Å². The fourth-order valence-electron chi connectivity index (χ4n) is 3.41. The van der Waals surface area contributed by atoms with E-state index in [1.165, 1.54) is 0 Å². The minimum atomic E-state index is -1.66. The number of cyclic esters (lactones) is 2. The largest absolute Gasteiger partial charge is 0.465 e. The quantitative estimate of drug-likeness (QED) is 0.392. The predicted molar refractivity (Wildman–Crippen MR) is 109 cm³/mol. The van der Waals surface area contributed by atoms with Gasteiger partial charge in [-0.25, -0.2) is 0 Å². The Kier molecular flexibility index (Phi) is 8.43. The minimum absolute atomic E-state index is 0.0137. The summed E-state index contributed by atoms with van der Waals surface area (Å²) >= 11 is 0. The molecule has 2 aliphatic rings. The Balaban J connectivity index is 0.000000337. The Morgan fingerprint density at radius 1 is 1.07 bits per heavy atom. The van der Waals surface area contributed by atoms with Crippen LogP contribution in [0.15, 0.2) is 0 Å². The number of carbonyl (C=O) groups excluding carboxylic acids is 3. The summed E-state index contributed by atoms with van der Waals surface area (Å²) in [6.45, 7) is 17.1. The first-order chi connectivity index (χ1) is 12.3. The minimum Gasteiger partial charge on any atom is -0.465 e. The number of ether oxygens (including phenoxy) is 2. The first-order valence-corrected chi connectivity index (χ1v) is 16.1. The summed E-state index contributed by atoms with van der Waals surface area (Å²) in [5.74, 6) is -0.731. The molecule has 2 rings (SSSR count). The van der Waals surface area contributed by atoms with Crippen molar-refractivity contribution >= 4 is 34.5 Å². The van der Waals surface area contributed by atoms with Crippen molar-refractivity contribution in [3.05, 3.63) is 0 Å². The van der Waals surface area contributed by atoms with Crippen molar-refractivity contribution in [1.29, 1.82) is 0 Å². The van der Waals surface area contributed by atoms with E-state index < -0.39 is 28.6 Å². The second kappa shape index (κ2) is 9.47. The zero-order valence-electron chi connectivity index (χ0n) is 18.1. The highest BCUT2D eigenvalue weighted by Gasteiger charge is 2.45. The van der Waals surface area contributed by atoms with Gasteiger partial charge in [0.1, 0.15) is 0 Å². The highest BCUT2D eigenvalue weighted by Crippen LogP contribution is 2.36. The molecule has 27 heavy (non-hydrogen) atoms. The molecule has 0 aromatic heterocycles. The zero-order valence-corrected chi connectivity index (χ0v) is 20.1. The highest BCUT2D eigenvalue weighted by molar-refractivity contribution is 6.86. The third-order valence-corrected chi connectivity index (χ3v) is 12.6. The van der Waals surface area contributed by atoms with Gasteiger partial charge in [-0.05, 0) is 44.2 Å². The van der Waals surface area contributed by atoms with Crippen LogP contribution in [0.3, 0.4) is 0 Å². The molecule has 2 saturated heterocycles. The standard InChI is InChI=1S/C13H28O3Si2.C6H8O3/c1-7-11(2)8-15-13(14)12-9-17(3,4)16-18(5,6)10-12;1-3-4(2)6(8)9-5(3)7/h11-12H,7-10H2,1-6H3;3-4H,1-2H3. The van der Waals surface area contributed by atoms with Gasteiger partial charge in [-0.3, -0.25) is 14.4 Å². The van der Waals surface area contributed by atoms with Gasteiger partial charge in [0.25, 0.3) is 0 Å². The topological polar surface area (TPSA) is 78.9 Å². The van der Waals surface area contributed by atoms with Crippen LogP contribution in [-0.4, -0.2) is 41.1 Å². The Labute approximate surface area is 165 Å². The van der Waals surface area contributed by atoms with E-state index in [-0.39, 0.29) is 23.7 Å². The van der Waals surface area contributed by atoms with Crippen molar-refractivity contribution in [3.8, 4) is 0 Å². The third kappa shape index (κ3) is 7.50. The maximum Gasteiger partial charge on any atom is 0.317 e. The summed E-state index contributed by atoms with van der Waals surface area (Å²) in [6.07, 6.45) is 1.06. The van der Waals surface area contributed by atoms with Crippen molar-refractivity contribution in [2.75, 3.05) is 6.61 Å². The van der Waals surface area contributed by atoms with Gasteiger partial charge in [0.05, 0.1) is 24.4 Å². The zero-order chi connectivity index (χ0) is 21.0. The molecule has 0 saturated carbocycles. The first kappa shape index (κ1) is 24.0. The smallest absolute Gasteiger partial charge is 0.317 e. The van der Waals surface area contributed by atoms with Gasteiger partial charge < -0.3 is 13.6 Å². The Morgan fingerprint density at radius 2 is 1.52 bits per heavy atom. The van der Waals surface area contributed by atoms with Crippen LogP contribution in [0.5, 0.6) is 0 Å². The van der Waals surface area contributed by atoms with Crippen LogP contribution in [0.1, 0.15) is 34.1 Å². The number of esters is 3. The lowest BCUT2D eigenvalue weighted by atomic mass is 10.00. The molecule has 0 amide bonds. The summed E-state index contributed by atoms with van der Waals surface area (Å²) in [5, 5.41) is 0. The van der Waals surface area contributed by atoms with E-state index in [9.17, 15) is 14.4 Å². The molecular formula is C19H36O6Si2. The molecule has 0 aromatic carbocycles. The lowest BCUT2D eigenvalue weighted by Gasteiger charge is -2.42. The molecular weight excluding hydrogens is 380 g/mol. The monoisotopic (exact) mass is 416 g/mol. The maximum atomic E-state index is 12.2. The van der Waals surface area contributed by atoms with Crippen molar-refractivity contribution in [3.63, 3.8) is 0 Å². The second-order valence-corrected chi connectivity index (χ2v) is 17.9. The Hall–Kier alpha value is -0.996. The Bertz CT molecular complexity index is 526. The van der Waals surface area contributed by atoms with Crippen LogP contribution in [0, 0.1) is 23.7 Å². The molecule has 0 bridgehead atoms. The van der Waals surface area contributed by atoms with Gasteiger partial charge in [-0.1, -0.05) is 34.1 Å². The highest BCUT2D eigenvalue weighted by atomic mass is 28.4. The van der Waals surface area contributed by atoms with E-state index in [4.69, 9.17) is 8.85 Å². The number of rotatable bonds is 4. The van der Waals surface area contributed by atoms with E-state index >= 15 is 0 Å². The molecule has 0 N–H and O–H groups in total. The summed E-state index contributed by atoms with van der Waals surface area (Å²) in [6, 6.07) is 1.84. The molecule has 2 fully saturated rings. The average Bonchev–Trinajstić information content (AvgIpc) is 2.76. The van der Waals surface area contributed by atoms with Crippen molar-refractivity contribution in [2.45, 2.75) is 72.4 Å². The molecule has 6 nitrogen and oxygen atoms in total. The summed E-state index contributed by atoms with van der Waals surface area (Å²) in [5.41, 5.74) is 0. The van der Waals surface area contributed by atoms with Gasteiger partial charge in [0.2, 0.25) is 0 Å². The summed E-state index contributed by atoms with van der Waals surface area (Å²) < 4.78 is 16.0. The Morgan fingerprint density at radius 3 is 1.85 bits per heavy atom. The molecule has 2 heterocycles. The van der Waals surface area contributed by atoms with Gasteiger partial charge >= 0.3 is 17.9 Å². The summed E-state index contributed by atoms with van der Waals surface area (Å²) in [4.78, 5) is 33.3. The SMILES string of the molecule is CC1C(=O)OC(=O)C1C.CCC(C)COC(=O)C1C[Si](C)(C)O[Si](C)(C)C1. The average molecular weight is 417 g/mol. The molecule has 0 radical (unpaired) electrons. The van der Waals surface area contributed by atoms with Crippen molar-refractivity contribution in [1.82, 2.24) is 0 Å². The van der Waals surface area contributed by atoms with Crippen molar-refractivity contribution < 1.29 is 28.0 Å². The number of carbonyl (C=O) groups is 3. The molecule has 0 spiro atoms. The fraction of sp³-hybridized carbons (Fsp3) is 0.842. The molecule has 0 aromatic rings. The number of hydrogen-bond donors (Lipinski definition) is 0. The van der Waals surface area contributed by atoms with E-state index in [0.29, 0.717) is 12.5 Å². The van der Waals surface area contributed by atoms with E-state index in [0.717, 1.165) is 18.5 Å². The van der Waals surface area contributed by atoms with Crippen LogP contribution in [0.25, 0.3) is 0 Å². The maximum absolute atomic E-state index is 12.2. The molecule has 2 aliphatic heterocycles. The van der Waals surface area contributed by atoms with Gasteiger partial charge in [0.15, 0.2) is 16.6 Å². The molecule has 156 valence electrons. The van der Waals surface area contributed by atoms with Crippen LogP contribution in [-0.2, 0) is 28.0 Å². The molecule has 0 aliphatic carbocycles. The second-order valence-electron chi connectivity index (χ2n) is 9.19. The van der Waals surface area contributed by atoms with E-state index in [1.54, 1.807) is 13.8 Å². The fourth-order valence-corrected chi connectivity index (χ4v) is 13.3. The van der Waals surface area contributed by atoms with E-state index in [2.05, 4.69) is 44.8 Å². The molecule has 3 atom stereocenters. The molecule has 3 unspecified atom stereocenters. The van der Waals surface area contributed by atoms with Gasteiger partial charge in [-0.15, -0.1) is 0 Å². The van der Waals surface area contributed by atoms with Gasteiger partial charge in [0, 0.05) is 0 Å². The van der Waals surface area contributed by atoms with Gasteiger partial charge in [-0.2, -0.15) is 0 Å². The summed E-state index contributed by atoms with van der Waals surface area (Å²) in [7, 11) is -3.31. The van der Waals surface area contributed by atoms with Crippen molar-refractivity contribution in [2.24, 2.45) is 23.7 Å². The van der Waals surface area contributed by atoms with Crippen LogP contribution in [0.2, 0.25) is 38.3 Å². The third-order valence-electron chi connectivity index (χ3n) is 5.26. The first-order valence-electron chi connectivity index (χ1n) is 9.90.